The molecule has 0 aliphatic rings. The highest BCUT2D eigenvalue weighted by atomic mass is 35.5. The Kier molecular flexibility index (Phi) is 6.80. The van der Waals surface area contributed by atoms with E-state index in [1.165, 1.54) is 17.2 Å². The summed E-state index contributed by atoms with van der Waals surface area (Å²) in [6.07, 6.45) is 1.47. The predicted octanol–water partition coefficient (Wildman–Crippen LogP) is 6.17. The maximum atomic E-state index is 13.4. The third-order valence-corrected chi connectivity index (χ3v) is 5.94. The average Bonchev–Trinajstić information content (AvgIpc) is 3.18. The molecule has 0 aliphatic heterocycles. The van der Waals surface area contributed by atoms with E-state index in [1.54, 1.807) is 48.3 Å². The van der Waals surface area contributed by atoms with Gasteiger partial charge in [0.2, 0.25) is 0 Å². The first-order chi connectivity index (χ1) is 13.8. The van der Waals surface area contributed by atoms with E-state index in [9.17, 15) is 9.59 Å². The number of anilines is 2. The second kappa shape index (κ2) is 9.13. The Labute approximate surface area is 187 Å². The first-order valence-electron chi connectivity index (χ1n) is 8.58. The predicted molar refractivity (Wildman–Crippen MR) is 119 cm³/mol. The first-order valence-corrected chi connectivity index (χ1v) is 10.5. The fraction of sp³-hybridized carbons (Fsp3) is 0.150. The van der Waals surface area contributed by atoms with Crippen molar-refractivity contribution in [2.24, 2.45) is 0 Å². The van der Waals surface area contributed by atoms with Gasteiger partial charge < -0.3 is 4.90 Å². The lowest BCUT2D eigenvalue weighted by atomic mass is 10.2. The third-order valence-electron chi connectivity index (χ3n) is 4.17. The molecule has 0 aliphatic carbocycles. The van der Waals surface area contributed by atoms with Crippen molar-refractivity contribution in [2.75, 3.05) is 18.5 Å². The van der Waals surface area contributed by atoms with E-state index < -0.39 is 5.91 Å². The Morgan fingerprint density at radius 2 is 1.66 bits per heavy atom. The molecule has 0 saturated carbocycles. The van der Waals surface area contributed by atoms with Crippen LogP contribution in [0, 0.1) is 0 Å². The van der Waals surface area contributed by atoms with Gasteiger partial charge in [-0.2, -0.15) is 0 Å². The summed E-state index contributed by atoms with van der Waals surface area (Å²) in [5.74, 6) is -0.560. The lowest BCUT2D eigenvalue weighted by molar-refractivity contribution is 0.0806. The minimum atomic E-state index is -0.397. The number of halogens is 3. The largest absolute Gasteiger partial charge is 0.341 e. The Balaban J connectivity index is 2.07. The molecule has 1 heterocycles. The fourth-order valence-corrected chi connectivity index (χ4v) is 4.03. The minimum absolute atomic E-state index is 0.163. The van der Waals surface area contributed by atoms with Crippen LogP contribution < -0.4 is 4.90 Å². The second-order valence-corrected chi connectivity index (χ2v) is 8.36. The molecule has 1 aromatic heterocycles. The number of nitrogens with zero attached hydrogens (tertiary/aromatic N) is 3. The molecule has 5 nitrogen and oxygen atoms in total. The van der Waals surface area contributed by atoms with Gasteiger partial charge >= 0.3 is 0 Å². The molecule has 0 unspecified atom stereocenters. The van der Waals surface area contributed by atoms with E-state index >= 15 is 0 Å². The number of carbonyl (C=O) groups excluding carboxylic acids is 2. The molecule has 0 bridgehead atoms. The van der Waals surface area contributed by atoms with Crippen LogP contribution in [-0.4, -0.2) is 35.3 Å². The molecule has 3 aromatic rings. The number of benzene rings is 2. The molecular formula is C20H16Cl3N3O2S. The average molecular weight is 469 g/mol. The van der Waals surface area contributed by atoms with Crippen molar-refractivity contribution in [1.29, 1.82) is 0 Å². The maximum absolute atomic E-state index is 13.4. The Morgan fingerprint density at radius 1 is 1.00 bits per heavy atom. The van der Waals surface area contributed by atoms with Gasteiger partial charge in [0.1, 0.15) is 4.88 Å². The van der Waals surface area contributed by atoms with Crippen LogP contribution >= 0.6 is 46.1 Å². The molecule has 150 valence electrons. The molecule has 29 heavy (non-hydrogen) atoms. The van der Waals surface area contributed by atoms with Gasteiger partial charge in [0, 0.05) is 23.6 Å². The summed E-state index contributed by atoms with van der Waals surface area (Å²) in [4.78, 5) is 33.6. The van der Waals surface area contributed by atoms with Crippen molar-refractivity contribution in [2.45, 2.75) is 6.92 Å². The lowest BCUT2D eigenvalue weighted by Crippen LogP contribution is -2.26. The van der Waals surface area contributed by atoms with Gasteiger partial charge in [-0.05, 0) is 49.4 Å². The molecule has 0 fully saturated rings. The highest BCUT2D eigenvalue weighted by Gasteiger charge is 2.26. The van der Waals surface area contributed by atoms with Crippen molar-refractivity contribution in [1.82, 2.24) is 9.88 Å². The quantitative estimate of drug-likeness (QED) is 0.450. The molecule has 2 aromatic carbocycles. The highest BCUT2D eigenvalue weighted by molar-refractivity contribution is 7.17. The van der Waals surface area contributed by atoms with Gasteiger partial charge in [0.05, 0.1) is 22.5 Å². The number of aromatic nitrogens is 1. The van der Waals surface area contributed by atoms with Crippen LogP contribution in [0.15, 0.2) is 48.7 Å². The second-order valence-electron chi connectivity index (χ2n) is 6.07. The van der Waals surface area contributed by atoms with Gasteiger partial charge in [0.25, 0.3) is 11.8 Å². The summed E-state index contributed by atoms with van der Waals surface area (Å²) in [6.45, 7) is 2.44. The molecule has 0 radical (unpaired) electrons. The fourth-order valence-electron chi connectivity index (χ4n) is 2.49. The monoisotopic (exact) mass is 467 g/mol. The summed E-state index contributed by atoms with van der Waals surface area (Å²) < 4.78 is 0. The Morgan fingerprint density at radius 3 is 2.28 bits per heavy atom. The maximum Gasteiger partial charge on any atom is 0.266 e. The summed E-state index contributed by atoms with van der Waals surface area (Å²) in [7, 11) is 1.71. The number of amides is 2. The van der Waals surface area contributed by atoms with E-state index in [0.717, 1.165) is 11.3 Å². The standard InChI is InChI=1S/C20H16Cl3N3O2S/c1-3-25(2)19(28)17-11-24-20(29-17)26(14-7-4-12(21)5-8-14)18(27)15-9-6-13(22)10-16(15)23/h4-11H,3H2,1-2H3. The zero-order chi connectivity index (χ0) is 21.1. The van der Waals surface area contributed by atoms with Crippen LogP contribution in [0.2, 0.25) is 15.1 Å². The Hall–Kier alpha value is -2.12. The van der Waals surface area contributed by atoms with Crippen molar-refractivity contribution in [3.8, 4) is 0 Å². The normalized spacial score (nSPS) is 10.7. The van der Waals surface area contributed by atoms with Gasteiger partial charge in [-0.1, -0.05) is 46.1 Å². The Bertz CT molecular complexity index is 1050. The van der Waals surface area contributed by atoms with Crippen LogP contribution in [0.4, 0.5) is 10.8 Å². The van der Waals surface area contributed by atoms with Crippen molar-refractivity contribution < 1.29 is 9.59 Å². The van der Waals surface area contributed by atoms with Crippen LogP contribution in [0.3, 0.4) is 0 Å². The number of hydrogen-bond acceptors (Lipinski definition) is 4. The van der Waals surface area contributed by atoms with Gasteiger partial charge in [0.15, 0.2) is 5.13 Å². The zero-order valence-corrected chi connectivity index (χ0v) is 18.6. The van der Waals surface area contributed by atoms with Gasteiger partial charge in [-0.25, -0.2) is 4.98 Å². The first kappa shape index (κ1) is 21.6. The van der Waals surface area contributed by atoms with Crippen molar-refractivity contribution in [3.63, 3.8) is 0 Å². The summed E-state index contributed by atoms with van der Waals surface area (Å²) >= 11 is 19.3. The SMILES string of the molecule is CCN(C)C(=O)c1cnc(N(C(=O)c2ccc(Cl)cc2Cl)c2ccc(Cl)cc2)s1. The van der Waals surface area contributed by atoms with E-state index in [2.05, 4.69) is 4.98 Å². The zero-order valence-electron chi connectivity index (χ0n) is 15.5. The number of thiazole rings is 1. The molecule has 0 saturated heterocycles. The van der Waals surface area contributed by atoms with E-state index in [0.29, 0.717) is 32.3 Å². The van der Waals surface area contributed by atoms with Gasteiger partial charge in [-0.15, -0.1) is 0 Å². The number of rotatable bonds is 5. The molecule has 9 heteroatoms. The molecule has 0 spiro atoms. The smallest absolute Gasteiger partial charge is 0.266 e. The molecule has 0 atom stereocenters. The third kappa shape index (κ3) is 4.73. The summed E-state index contributed by atoms with van der Waals surface area (Å²) in [5.41, 5.74) is 0.808. The van der Waals surface area contributed by atoms with Crippen LogP contribution in [-0.2, 0) is 0 Å². The van der Waals surface area contributed by atoms with E-state index in [-0.39, 0.29) is 16.5 Å². The molecule has 3 rings (SSSR count). The number of hydrogen-bond donors (Lipinski definition) is 0. The van der Waals surface area contributed by atoms with E-state index in [1.807, 2.05) is 6.92 Å². The summed E-state index contributed by atoms with van der Waals surface area (Å²) in [5, 5.41) is 1.52. The van der Waals surface area contributed by atoms with Crippen molar-refractivity contribution in [3.05, 3.63) is 74.2 Å². The minimum Gasteiger partial charge on any atom is -0.341 e. The topological polar surface area (TPSA) is 53.5 Å². The lowest BCUT2D eigenvalue weighted by Gasteiger charge is -2.21. The van der Waals surface area contributed by atoms with Crippen LogP contribution in [0.25, 0.3) is 0 Å². The van der Waals surface area contributed by atoms with Crippen molar-refractivity contribution >= 4 is 68.8 Å². The highest BCUT2D eigenvalue weighted by Crippen LogP contribution is 2.34. The number of carbonyl (C=O) groups is 2. The van der Waals surface area contributed by atoms with Gasteiger partial charge in [-0.3, -0.25) is 14.5 Å². The van der Waals surface area contributed by atoms with E-state index in [4.69, 9.17) is 34.8 Å². The molecule has 2 amide bonds. The molecule has 0 N–H and O–H groups in total. The van der Waals surface area contributed by atoms with Crippen LogP contribution in [0.5, 0.6) is 0 Å². The van der Waals surface area contributed by atoms with Crippen LogP contribution in [0.1, 0.15) is 27.0 Å². The molecular weight excluding hydrogens is 453 g/mol. The summed E-state index contributed by atoms with van der Waals surface area (Å²) in [6, 6.07) is 11.4.